The van der Waals surface area contributed by atoms with Crippen LogP contribution >= 0.6 is 0 Å². The Morgan fingerprint density at radius 3 is 2.38 bits per heavy atom. The summed E-state index contributed by atoms with van der Waals surface area (Å²) in [5, 5.41) is 11.5. The molecule has 2 atom stereocenters. The quantitative estimate of drug-likeness (QED) is 0.419. The molecule has 1 aromatic rings. The molecule has 1 aliphatic heterocycles. The fraction of sp³-hybridized carbons (Fsp3) is 0.611. The Morgan fingerprint density at radius 1 is 1.19 bits per heavy atom. The first-order valence-corrected chi connectivity index (χ1v) is 8.64. The highest BCUT2D eigenvalue weighted by Crippen LogP contribution is 2.36. The predicted octanol–water partition coefficient (Wildman–Crippen LogP) is 2.75. The van der Waals surface area contributed by atoms with Crippen LogP contribution in [0, 0.1) is 22.0 Å². The van der Waals surface area contributed by atoms with Crippen LogP contribution in [0.15, 0.2) is 12.1 Å². The maximum absolute atomic E-state index is 13.0. The average Bonchev–Trinajstić information content (AvgIpc) is 2.59. The van der Waals surface area contributed by atoms with Crippen LogP contribution in [0.5, 0.6) is 11.5 Å². The van der Waals surface area contributed by atoms with E-state index in [2.05, 4.69) is 13.8 Å². The van der Waals surface area contributed by atoms with Gasteiger partial charge in [-0.3, -0.25) is 14.9 Å². The number of amides is 1. The SMILES string of the molecule is COCCOc1cc([N+](=O)[O-])c(C(=O)N2CC(C)CC(C)C2)cc1OC. The average molecular weight is 366 g/mol. The number of nitro groups is 1. The maximum Gasteiger partial charge on any atom is 0.286 e. The van der Waals surface area contributed by atoms with Gasteiger partial charge in [-0.2, -0.15) is 0 Å². The second kappa shape index (κ2) is 8.84. The number of nitro benzene ring substituents is 1. The molecule has 1 aliphatic rings. The highest BCUT2D eigenvalue weighted by Gasteiger charge is 2.31. The molecule has 1 saturated heterocycles. The Bertz CT molecular complexity index is 653. The summed E-state index contributed by atoms with van der Waals surface area (Å²) in [6.07, 6.45) is 1.04. The molecule has 0 radical (unpaired) electrons. The third-order valence-electron chi connectivity index (χ3n) is 4.41. The largest absolute Gasteiger partial charge is 0.493 e. The topological polar surface area (TPSA) is 91.1 Å². The zero-order valence-electron chi connectivity index (χ0n) is 15.7. The van der Waals surface area contributed by atoms with Crippen LogP contribution in [0.3, 0.4) is 0 Å². The number of carbonyl (C=O) groups is 1. The van der Waals surface area contributed by atoms with E-state index in [9.17, 15) is 14.9 Å². The minimum atomic E-state index is -0.563. The van der Waals surface area contributed by atoms with Crippen molar-refractivity contribution in [1.29, 1.82) is 0 Å². The number of hydrogen-bond donors (Lipinski definition) is 0. The molecule has 2 rings (SSSR count). The summed E-state index contributed by atoms with van der Waals surface area (Å²) >= 11 is 0. The van der Waals surface area contributed by atoms with Crippen LogP contribution in [-0.2, 0) is 4.74 Å². The Hall–Kier alpha value is -2.35. The van der Waals surface area contributed by atoms with Crippen molar-refractivity contribution in [1.82, 2.24) is 4.90 Å². The van der Waals surface area contributed by atoms with Crippen LogP contribution in [0.25, 0.3) is 0 Å². The van der Waals surface area contributed by atoms with Crippen molar-refractivity contribution < 1.29 is 23.9 Å². The van der Waals surface area contributed by atoms with Crippen LogP contribution in [-0.4, -0.2) is 56.3 Å². The van der Waals surface area contributed by atoms with E-state index in [0.29, 0.717) is 31.5 Å². The summed E-state index contributed by atoms with van der Waals surface area (Å²) in [5.74, 6) is 0.874. The van der Waals surface area contributed by atoms with Gasteiger partial charge in [0.05, 0.1) is 24.7 Å². The minimum absolute atomic E-state index is 0.0206. The van der Waals surface area contributed by atoms with Gasteiger partial charge in [0.25, 0.3) is 11.6 Å². The van der Waals surface area contributed by atoms with E-state index >= 15 is 0 Å². The molecular weight excluding hydrogens is 340 g/mol. The first-order chi connectivity index (χ1) is 12.4. The van der Waals surface area contributed by atoms with Gasteiger partial charge in [0.1, 0.15) is 12.2 Å². The van der Waals surface area contributed by atoms with Gasteiger partial charge >= 0.3 is 0 Å². The fourth-order valence-electron chi connectivity index (χ4n) is 3.38. The molecule has 0 N–H and O–H groups in total. The van der Waals surface area contributed by atoms with Gasteiger partial charge in [-0.1, -0.05) is 13.8 Å². The van der Waals surface area contributed by atoms with Gasteiger partial charge in [-0.05, 0) is 18.3 Å². The Kier molecular flexibility index (Phi) is 6.79. The van der Waals surface area contributed by atoms with E-state index in [4.69, 9.17) is 14.2 Å². The molecule has 1 heterocycles. The van der Waals surface area contributed by atoms with Gasteiger partial charge in [0, 0.05) is 26.3 Å². The van der Waals surface area contributed by atoms with E-state index in [0.717, 1.165) is 6.42 Å². The lowest BCUT2D eigenvalue weighted by atomic mass is 9.91. The molecule has 2 unspecified atom stereocenters. The lowest BCUT2D eigenvalue weighted by molar-refractivity contribution is -0.385. The second-order valence-corrected chi connectivity index (χ2v) is 6.77. The number of carbonyl (C=O) groups excluding carboxylic acids is 1. The molecule has 0 spiro atoms. The minimum Gasteiger partial charge on any atom is -0.493 e. The third-order valence-corrected chi connectivity index (χ3v) is 4.41. The first kappa shape index (κ1) is 20.0. The van der Waals surface area contributed by atoms with Gasteiger partial charge in [-0.15, -0.1) is 0 Å². The number of ether oxygens (including phenoxy) is 3. The normalized spacial score (nSPS) is 19.9. The molecule has 0 aliphatic carbocycles. The lowest BCUT2D eigenvalue weighted by Gasteiger charge is -2.35. The zero-order chi connectivity index (χ0) is 19.3. The standard InChI is InChI=1S/C18H26N2O6/c1-12-7-13(2)11-19(10-12)18(21)14-8-16(25-4)17(26-6-5-24-3)9-15(14)20(22)23/h8-9,12-13H,5-7,10-11H2,1-4H3. The van der Waals surface area contributed by atoms with Crippen molar-refractivity contribution in [2.75, 3.05) is 40.5 Å². The van der Waals surface area contributed by atoms with E-state index in [1.165, 1.54) is 26.4 Å². The molecule has 0 bridgehead atoms. The van der Waals surface area contributed by atoms with Gasteiger partial charge in [0.2, 0.25) is 0 Å². The van der Waals surface area contributed by atoms with Crippen molar-refractivity contribution in [2.45, 2.75) is 20.3 Å². The van der Waals surface area contributed by atoms with Crippen molar-refractivity contribution in [3.05, 3.63) is 27.8 Å². The number of likely N-dealkylation sites (tertiary alicyclic amines) is 1. The number of nitrogens with zero attached hydrogens (tertiary/aromatic N) is 2. The lowest BCUT2D eigenvalue weighted by Crippen LogP contribution is -2.42. The molecule has 1 aromatic carbocycles. The Balaban J connectivity index is 2.36. The summed E-state index contributed by atoms with van der Waals surface area (Å²) in [4.78, 5) is 25.6. The Morgan fingerprint density at radius 2 is 1.85 bits per heavy atom. The summed E-state index contributed by atoms with van der Waals surface area (Å²) < 4.78 is 15.7. The van der Waals surface area contributed by atoms with Gasteiger partial charge < -0.3 is 19.1 Å². The molecule has 1 fully saturated rings. The Labute approximate surface area is 153 Å². The van der Waals surface area contributed by atoms with E-state index in [1.54, 1.807) is 4.90 Å². The first-order valence-electron chi connectivity index (χ1n) is 8.64. The van der Waals surface area contributed by atoms with Crippen molar-refractivity contribution in [2.24, 2.45) is 11.8 Å². The molecular formula is C18H26N2O6. The van der Waals surface area contributed by atoms with Crippen LogP contribution in [0.2, 0.25) is 0 Å². The van der Waals surface area contributed by atoms with E-state index in [1.807, 2.05) is 0 Å². The summed E-state index contributed by atoms with van der Waals surface area (Å²) in [6.45, 7) is 5.90. The van der Waals surface area contributed by atoms with Crippen LogP contribution in [0.1, 0.15) is 30.6 Å². The number of rotatable bonds is 7. The summed E-state index contributed by atoms with van der Waals surface area (Å²) in [7, 11) is 2.97. The molecule has 144 valence electrons. The molecule has 8 nitrogen and oxygen atoms in total. The monoisotopic (exact) mass is 366 g/mol. The third kappa shape index (κ3) is 4.63. The summed E-state index contributed by atoms with van der Waals surface area (Å²) in [5.41, 5.74) is -0.263. The van der Waals surface area contributed by atoms with Crippen molar-refractivity contribution in [3.63, 3.8) is 0 Å². The molecule has 8 heteroatoms. The number of benzene rings is 1. The second-order valence-electron chi connectivity index (χ2n) is 6.77. The van der Waals surface area contributed by atoms with Crippen molar-refractivity contribution in [3.8, 4) is 11.5 Å². The molecule has 0 aromatic heterocycles. The number of hydrogen-bond acceptors (Lipinski definition) is 6. The number of piperidine rings is 1. The predicted molar refractivity (Wildman–Crippen MR) is 95.9 cm³/mol. The van der Waals surface area contributed by atoms with Crippen LogP contribution in [0.4, 0.5) is 5.69 Å². The molecule has 26 heavy (non-hydrogen) atoms. The molecule has 0 saturated carbocycles. The van der Waals surface area contributed by atoms with Gasteiger partial charge in [0.15, 0.2) is 11.5 Å². The molecule has 1 amide bonds. The van der Waals surface area contributed by atoms with Crippen LogP contribution < -0.4 is 9.47 Å². The number of methoxy groups -OCH3 is 2. The van der Waals surface area contributed by atoms with E-state index < -0.39 is 4.92 Å². The highest BCUT2D eigenvalue weighted by molar-refractivity contribution is 5.99. The zero-order valence-corrected chi connectivity index (χ0v) is 15.7. The van der Waals surface area contributed by atoms with Gasteiger partial charge in [-0.25, -0.2) is 0 Å². The fourth-order valence-corrected chi connectivity index (χ4v) is 3.38. The smallest absolute Gasteiger partial charge is 0.286 e. The maximum atomic E-state index is 13.0. The van der Waals surface area contributed by atoms with E-state index in [-0.39, 0.29) is 35.3 Å². The van der Waals surface area contributed by atoms with Crippen molar-refractivity contribution >= 4 is 11.6 Å². The highest BCUT2D eigenvalue weighted by atomic mass is 16.6. The summed E-state index contributed by atoms with van der Waals surface area (Å²) in [6, 6.07) is 2.64.